The fraction of sp³-hybridized carbons (Fsp3) is 0.533. The van der Waals surface area contributed by atoms with Gasteiger partial charge >= 0.3 is 0 Å². The number of aryl methyl sites for hydroxylation is 1. The summed E-state index contributed by atoms with van der Waals surface area (Å²) in [6.07, 6.45) is 1.71. The number of hydrogen-bond acceptors (Lipinski definition) is 4. The molecule has 1 aromatic rings. The van der Waals surface area contributed by atoms with E-state index < -0.39 is 0 Å². The molecule has 0 bridgehead atoms. The molecule has 0 aliphatic heterocycles. The first kappa shape index (κ1) is 16.5. The van der Waals surface area contributed by atoms with E-state index in [9.17, 15) is 4.79 Å². The Morgan fingerprint density at radius 3 is 2.80 bits per heavy atom. The van der Waals surface area contributed by atoms with Gasteiger partial charge in [-0.1, -0.05) is 6.07 Å². The van der Waals surface area contributed by atoms with Crippen molar-refractivity contribution < 1.29 is 19.4 Å². The maximum Gasteiger partial charge on any atom is 0.224 e. The number of nitrogens with one attached hydrogen (secondary N) is 1. The molecule has 0 aliphatic rings. The van der Waals surface area contributed by atoms with E-state index in [0.717, 1.165) is 5.56 Å². The quantitative estimate of drug-likeness (QED) is 0.680. The molecule has 1 rings (SSSR count). The van der Waals surface area contributed by atoms with Crippen LogP contribution in [0.25, 0.3) is 0 Å². The van der Waals surface area contributed by atoms with Gasteiger partial charge in [-0.3, -0.25) is 4.79 Å². The van der Waals surface area contributed by atoms with Gasteiger partial charge in [0.1, 0.15) is 12.4 Å². The van der Waals surface area contributed by atoms with Crippen molar-refractivity contribution in [3.05, 3.63) is 23.8 Å². The van der Waals surface area contributed by atoms with E-state index in [2.05, 4.69) is 5.32 Å². The molecule has 0 fully saturated rings. The van der Waals surface area contributed by atoms with Crippen molar-refractivity contribution in [1.82, 2.24) is 0 Å². The van der Waals surface area contributed by atoms with E-state index in [0.29, 0.717) is 43.9 Å². The molecule has 0 unspecified atom stereocenters. The van der Waals surface area contributed by atoms with Crippen molar-refractivity contribution in [1.29, 1.82) is 0 Å². The second-order valence-corrected chi connectivity index (χ2v) is 4.57. The molecule has 0 radical (unpaired) electrons. The molecular formula is C15H23NO4. The number of carbonyl (C=O) groups is 1. The van der Waals surface area contributed by atoms with Crippen LogP contribution >= 0.6 is 0 Å². The molecule has 0 saturated carbocycles. The summed E-state index contributed by atoms with van der Waals surface area (Å²) in [6.45, 7) is 3.02. The standard InChI is InChI=1S/C15H23NO4/c1-12-6-7-13(14(11-12)20-10-9-19-2)16-15(18)5-3-4-8-17/h6-7,11,17H,3-5,8-10H2,1-2H3,(H,16,18). The third kappa shape index (κ3) is 6.04. The zero-order chi connectivity index (χ0) is 14.8. The second kappa shape index (κ2) is 9.34. The molecule has 112 valence electrons. The van der Waals surface area contributed by atoms with Crippen molar-refractivity contribution in [3.8, 4) is 5.75 Å². The molecule has 0 saturated heterocycles. The fourth-order valence-corrected chi connectivity index (χ4v) is 1.70. The normalized spacial score (nSPS) is 10.3. The van der Waals surface area contributed by atoms with Gasteiger partial charge in [-0.25, -0.2) is 0 Å². The van der Waals surface area contributed by atoms with Gasteiger partial charge in [0.05, 0.1) is 12.3 Å². The first-order chi connectivity index (χ1) is 9.67. The molecule has 0 heterocycles. The van der Waals surface area contributed by atoms with Crippen molar-refractivity contribution in [3.63, 3.8) is 0 Å². The van der Waals surface area contributed by atoms with Gasteiger partial charge in [-0.05, 0) is 37.5 Å². The van der Waals surface area contributed by atoms with E-state index in [1.807, 2.05) is 25.1 Å². The van der Waals surface area contributed by atoms with E-state index in [1.165, 1.54) is 0 Å². The number of carbonyl (C=O) groups excluding carboxylic acids is 1. The first-order valence-corrected chi connectivity index (χ1v) is 6.80. The Morgan fingerprint density at radius 1 is 1.30 bits per heavy atom. The van der Waals surface area contributed by atoms with Crippen LogP contribution in [0.2, 0.25) is 0 Å². The highest BCUT2D eigenvalue weighted by Gasteiger charge is 2.08. The maximum atomic E-state index is 11.8. The Morgan fingerprint density at radius 2 is 2.10 bits per heavy atom. The summed E-state index contributed by atoms with van der Waals surface area (Å²) in [5, 5.41) is 11.5. The summed E-state index contributed by atoms with van der Waals surface area (Å²) in [7, 11) is 1.61. The highest BCUT2D eigenvalue weighted by Crippen LogP contribution is 2.26. The number of aliphatic hydroxyl groups excluding tert-OH is 1. The molecule has 0 atom stereocenters. The Balaban J connectivity index is 2.60. The van der Waals surface area contributed by atoms with Gasteiger partial charge in [0.2, 0.25) is 5.91 Å². The van der Waals surface area contributed by atoms with Crippen LogP contribution < -0.4 is 10.1 Å². The molecular weight excluding hydrogens is 258 g/mol. The smallest absolute Gasteiger partial charge is 0.224 e. The number of ether oxygens (including phenoxy) is 2. The zero-order valence-corrected chi connectivity index (χ0v) is 12.1. The largest absolute Gasteiger partial charge is 0.489 e. The minimum atomic E-state index is -0.0705. The minimum Gasteiger partial charge on any atom is -0.489 e. The number of benzene rings is 1. The van der Waals surface area contributed by atoms with Crippen LogP contribution in [0.4, 0.5) is 5.69 Å². The Bertz CT molecular complexity index is 420. The van der Waals surface area contributed by atoms with Crippen LogP contribution in [0, 0.1) is 6.92 Å². The predicted molar refractivity (Wildman–Crippen MR) is 78.1 cm³/mol. The molecule has 2 N–H and O–H groups in total. The van der Waals surface area contributed by atoms with Crippen molar-refractivity contribution in [2.75, 3.05) is 32.2 Å². The number of unbranched alkanes of at least 4 members (excludes halogenated alkanes) is 1. The van der Waals surface area contributed by atoms with Crippen LogP contribution in [-0.2, 0) is 9.53 Å². The Hall–Kier alpha value is -1.59. The van der Waals surface area contributed by atoms with Crippen molar-refractivity contribution in [2.45, 2.75) is 26.2 Å². The highest BCUT2D eigenvalue weighted by atomic mass is 16.5. The van der Waals surface area contributed by atoms with Gasteiger partial charge in [0.15, 0.2) is 0 Å². The van der Waals surface area contributed by atoms with E-state index in [-0.39, 0.29) is 12.5 Å². The number of hydrogen-bond donors (Lipinski definition) is 2. The van der Waals surface area contributed by atoms with Gasteiger partial charge in [-0.2, -0.15) is 0 Å². The second-order valence-electron chi connectivity index (χ2n) is 4.57. The zero-order valence-electron chi connectivity index (χ0n) is 12.1. The van der Waals surface area contributed by atoms with Gasteiger partial charge in [-0.15, -0.1) is 0 Å². The van der Waals surface area contributed by atoms with Crippen molar-refractivity contribution in [2.24, 2.45) is 0 Å². The van der Waals surface area contributed by atoms with Crippen LogP contribution in [-0.4, -0.2) is 37.9 Å². The Labute approximate surface area is 119 Å². The third-order valence-corrected chi connectivity index (χ3v) is 2.77. The predicted octanol–water partition coefficient (Wildman–Crippen LogP) is 2.12. The lowest BCUT2D eigenvalue weighted by atomic mass is 10.2. The molecule has 5 heteroatoms. The average Bonchev–Trinajstić information content (AvgIpc) is 2.42. The Kier molecular flexibility index (Phi) is 7.69. The van der Waals surface area contributed by atoms with E-state index in [1.54, 1.807) is 7.11 Å². The molecule has 0 aliphatic carbocycles. The highest BCUT2D eigenvalue weighted by molar-refractivity contribution is 5.92. The number of amides is 1. The average molecular weight is 281 g/mol. The van der Waals surface area contributed by atoms with Crippen molar-refractivity contribution >= 4 is 11.6 Å². The minimum absolute atomic E-state index is 0.0705. The van der Waals surface area contributed by atoms with Crippen LogP contribution in [0.1, 0.15) is 24.8 Å². The lowest BCUT2D eigenvalue weighted by Crippen LogP contribution is -2.13. The van der Waals surface area contributed by atoms with E-state index >= 15 is 0 Å². The summed E-state index contributed by atoms with van der Waals surface area (Å²) >= 11 is 0. The molecule has 20 heavy (non-hydrogen) atoms. The topological polar surface area (TPSA) is 67.8 Å². The SMILES string of the molecule is COCCOc1cc(C)ccc1NC(=O)CCCCO. The summed E-state index contributed by atoms with van der Waals surface area (Å²) in [4.78, 5) is 11.8. The van der Waals surface area contributed by atoms with Crippen LogP contribution in [0.3, 0.4) is 0 Å². The monoisotopic (exact) mass is 281 g/mol. The lowest BCUT2D eigenvalue weighted by molar-refractivity contribution is -0.116. The van der Waals surface area contributed by atoms with Gasteiger partial charge < -0.3 is 19.9 Å². The molecule has 5 nitrogen and oxygen atoms in total. The third-order valence-electron chi connectivity index (χ3n) is 2.77. The summed E-state index contributed by atoms with van der Waals surface area (Å²) in [6, 6.07) is 5.65. The summed E-state index contributed by atoms with van der Waals surface area (Å²) in [5.41, 5.74) is 1.73. The number of aliphatic hydroxyl groups is 1. The first-order valence-electron chi connectivity index (χ1n) is 6.80. The lowest BCUT2D eigenvalue weighted by Gasteiger charge is -2.13. The fourth-order valence-electron chi connectivity index (χ4n) is 1.70. The molecule has 1 amide bonds. The van der Waals surface area contributed by atoms with Gasteiger partial charge in [0.25, 0.3) is 0 Å². The molecule has 0 aromatic heterocycles. The number of methoxy groups -OCH3 is 1. The summed E-state index contributed by atoms with van der Waals surface area (Å²) < 4.78 is 10.5. The van der Waals surface area contributed by atoms with Crippen LogP contribution in [0.5, 0.6) is 5.75 Å². The van der Waals surface area contributed by atoms with Crippen LogP contribution in [0.15, 0.2) is 18.2 Å². The number of rotatable bonds is 9. The molecule has 0 spiro atoms. The molecule has 1 aromatic carbocycles. The summed E-state index contributed by atoms with van der Waals surface area (Å²) in [5.74, 6) is 0.580. The van der Waals surface area contributed by atoms with E-state index in [4.69, 9.17) is 14.6 Å². The maximum absolute atomic E-state index is 11.8. The number of anilines is 1. The van der Waals surface area contributed by atoms with Gasteiger partial charge in [0, 0.05) is 20.1 Å².